The van der Waals surface area contributed by atoms with Gasteiger partial charge in [-0.3, -0.25) is 4.79 Å². The molecular weight excluding hydrogens is 314 g/mol. The number of benzene rings is 2. The van der Waals surface area contributed by atoms with Crippen molar-refractivity contribution in [3.63, 3.8) is 0 Å². The van der Waals surface area contributed by atoms with E-state index in [1.54, 1.807) is 18.2 Å². The molecule has 0 bridgehead atoms. The van der Waals surface area contributed by atoms with Crippen LogP contribution in [0.1, 0.15) is 19.3 Å². The predicted molar refractivity (Wildman–Crippen MR) is 101 cm³/mol. The third-order valence-corrected chi connectivity index (χ3v) is 4.00. The Bertz CT molecular complexity index is 772. The Balaban J connectivity index is 1.54. The van der Waals surface area contributed by atoms with Crippen LogP contribution in [0.5, 0.6) is 0 Å². The molecule has 5 nitrogen and oxygen atoms in total. The van der Waals surface area contributed by atoms with E-state index in [1.807, 2.05) is 36.4 Å². The van der Waals surface area contributed by atoms with Crippen molar-refractivity contribution < 1.29 is 9.59 Å². The molecule has 1 aliphatic carbocycles. The summed E-state index contributed by atoms with van der Waals surface area (Å²) in [4.78, 5) is 24.1. The number of allylic oxidation sites excluding steroid dienone is 2. The van der Waals surface area contributed by atoms with E-state index in [0.29, 0.717) is 29.4 Å². The molecule has 0 heterocycles. The normalized spacial score (nSPS) is 15.6. The molecule has 25 heavy (non-hydrogen) atoms. The highest BCUT2D eigenvalue weighted by atomic mass is 16.2. The van der Waals surface area contributed by atoms with Gasteiger partial charge in [0.2, 0.25) is 5.91 Å². The molecule has 0 aromatic heterocycles. The molecule has 1 unspecified atom stereocenters. The maximum atomic E-state index is 12.1. The molecule has 3 amide bonds. The van der Waals surface area contributed by atoms with Gasteiger partial charge >= 0.3 is 6.03 Å². The number of hydrogen-bond donors (Lipinski definition) is 3. The monoisotopic (exact) mass is 335 g/mol. The van der Waals surface area contributed by atoms with Crippen molar-refractivity contribution in [2.75, 3.05) is 16.0 Å². The number of nitrogens with one attached hydrogen (secondary N) is 3. The summed E-state index contributed by atoms with van der Waals surface area (Å²) >= 11 is 0. The Morgan fingerprint density at radius 3 is 2.28 bits per heavy atom. The zero-order valence-corrected chi connectivity index (χ0v) is 13.9. The van der Waals surface area contributed by atoms with Gasteiger partial charge in [-0.05, 0) is 49.1 Å². The highest BCUT2D eigenvalue weighted by molar-refractivity contribution is 6.00. The number of hydrogen-bond acceptors (Lipinski definition) is 2. The van der Waals surface area contributed by atoms with Gasteiger partial charge in [0.25, 0.3) is 0 Å². The second-order valence-corrected chi connectivity index (χ2v) is 6.04. The SMILES string of the molecule is O=C(CC1C=CCC1)Nc1cccc(NC(=O)Nc2ccccc2)c1. The number of amides is 3. The van der Waals surface area contributed by atoms with Gasteiger partial charge in [0.15, 0.2) is 0 Å². The van der Waals surface area contributed by atoms with Crippen molar-refractivity contribution in [1.29, 1.82) is 0 Å². The van der Waals surface area contributed by atoms with E-state index in [0.717, 1.165) is 12.8 Å². The molecule has 3 rings (SSSR count). The Labute approximate surface area is 147 Å². The molecule has 1 aliphatic rings. The van der Waals surface area contributed by atoms with Gasteiger partial charge in [0.1, 0.15) is 0 Å². The number of carbonyl (C=O) groups is 2. The molecule has 0 radical (unpaired) electrons. The largest absolute Gasteiger partial charge is 0.326 e. The average molecular weight is 335 g/mol. The van der Waals surface area contributed by atoms with Gasteiger partial charge in [-0.2, -0.15) is 0 Å². The summed E-state index contributed by atoms with van der Waals surface area (Å²) in [6.45, 7) is 0. The lowest BCUT2D eigenvalue weighted by Crippen LogP contribution is -2.19. The van der Waals surface area contributed by atoms with Gasteiger partial charge in [-0.25, -0.2) is 4.79 Å². The van der Waals surface area contributed by atoms with Crippen molar-refractivity contribution in [2.24, 2.45) is 5.92 Å². The van der Waals surface area contributed by atoms with Crippen LogP contribution in [0.25, 0.3) is 0 Å². The maximum Gasteiger partial charge on any atom is 0.323 e. The van der Waals surface area contributed by atoms with Crippen LogP contribution in [0.15, 0.2) is 66.7 Å². The molecule has 0 saturated carbocycles. The molecule has 128 valence electrons. The van der Waals surface area contributed by atoms with Gasteiger partial charge in [-0.15, -0.1) is 0 Å². The lowest BCUT2D eigenvalue weighted by Gasteiger charge is -2.11. The first kappa shape index (κ1) is 16.8. The standard InChI is InChI=1S/C20H21N3O2/c24-19(13-15-7-4-5-8-15)21-17-11-6-12-18(14-17)23-20(25)22-16-9-2-1-3-10-16/h1-4,6-7,9-12,14-15H,5,8,13H2,(H,21,24)(H2,22,23,25). The molecule has 0 aliphatic heterocycles. The van der Waals surface area contributed by atoms with Gasteiger partial charge in [0, 0.05) is 23.5 Å². The van der Waals surface area contributed by atoms with Crippen molar-refractivity contribution >= 4 is 29.0 Å². The van der Waals surface area contributed by atoms with E-state index in [9.17, 15) is 9.59 Å². The predicted octanol–water partition coefficient (Wildman–Crippen LogP) is 4.63. The summed E-state index contributed by atoms with van der Waals surface area (Å²) in [6, 6.07) is 16.0. The fraction of sp³-hybridized carbons (Fsp3) is 0.200. The molecule has 0 spiro atoms. The molecule has 5 heteroatoms. The van der Waals surface area contributed by atoms with E-state index in [1.165, 1.54) is 0 Å². The van der Waals surface area contributed by atoms with Crippen molar-refractivity contribution in [3.05, 3.63) is 66.7 Å². The summed E-state index contributed by atoms with van der Waals surface area (Å²) in [5.74, 6) is 0.320. The lowest BCUT2D eigenvalue weighted by molar-refractivity contribution is -0.116. The quantitative estimate of drug-likeness (QED) is 0.697. The zero-order valence-electron chi connectivity index (χ0n) is 13.9. The van der Waals surface area contributed by atoms with Gasteiger partial charge in [-0.1, -0.05) is 36.4 Å². The first-order chi connectivity index (χ1) is 12.2. The van der Waals surface area contributed by atoms with Crippen molar-refractivity contribution in [1.82, 2.24) is 0 Å². The van der Waals surface area contributed by atoms with Crippen molar-refractivity contribution in [3.8, 4) is 0 Å². The summed E-state index contributed by atoms with van der Waals surface area (Å²) in [5, 5.41) is 8.41. The van der Waals surface area contributed by atoms with Crippen LogP contribution in [0.3, 0.4) is 0 Å². The highest BCUT2D eigenvalue weighted by Gasteiger charge is 2.14. The number of urea groups is 1. The van der Waals surface area contributed by atoms with E-state index in [4.69, 9.17) is 0 Å². The second-order valence-electron chi connectivity index (χ2n) is 6.04. The third kappa shape index (κ3) is 5.21. The summed E-state index contributed by atoms with van der Waals surface area (Å²) < 4.78 is 0. The summed E-state index contributed by atoms with van der Waals surface area (Å²) in [7, 11) is 0. The second kappa shape index (κ2) is 8.15. The fourth-order valence-electron chi connectivity index (χ4n) is 2.81. The third-order valence-electron chi connectivity index (χ3n) is 4.00. The molecule has 0 saturated heterocycles. The first-order valence-electron chi connectivity index (χ1n) is 8.39. The van der Waals surface area contributed by atoms with E-state index in [2.05, 4.69) is 28.1 Å². The summed E-state index contributed by atoms with van der Waals surface area (Å²) in [5.41, 5.74) is 2.01. The Morgan fingerprint density at radius 1 is 0.880 bits per heavy atom. The molecule has 2 aromatic rings. The van der Waals surface area contributed by atoms with Crippen LogP contribution in [0.2, 0.25) is 0 Å². The molecular formula is C20H21N3O2. The number of anilines is 3. The topological polar surface area (TPSA) is 70.2 Å². The smallest absolute Gasteiger partial charge is 0.323 e. The minimum absolute atomic E-state index is 0.0116. The van der Waals surface area contributed by atoms with Crippen LogP contribution < -0.4 is 16.0 Å². The van der Waals surface area contributed by atoms with E-state index in [-0.39, 0.29) is 11.9 Å². The van der Waals surface area contributed by atoms with Crippen LogP contribution in [0, 0.1) is 5.92 Å². The first-order valence-corrected chi connectivity index (χ1v) is 8.39. The van der Waals surface area contributed by atoms with E-state index < -0.39 is 0 Å². The summed E-state index contributed by atoms with van der Waals surface area (Å²) in [6.07, 6.45) is 6.80. The fourth-order valence-corrected chi connectivity index (χ4v) is 2.81. The van der Waals surface area contributed by atoms with Crippen LogP contribution >= 0.6 is 0 Å². The average Bonchev–Trinajstić information content (AvgIpc) is 3.08. The van der Waals surface area contributed by atoms with Crippen molar-refractivity contribution in [2.45, 2.75) is 19.3 Å². The Morgan fingerprint density at radius 2 is 1.56 bits per heavy atom. The lowest BCUT2D eigenvalue weighted by atomic mass is 10.1. The zero-order chi connectivity index (χ0) is 17.5. The van der Waals surface area contributed by atoms with Crippen LogP contribution in [-0.4, -0.2) is 11.9 Å². The molecule has 3 N–H and O–H groups in total. The Hall–Kier alpha value is -3.08. The highest BCUT2D eigenvalue weighted by Crippen LogP contribution is 2.22. The number of rotatable bonds is 5. The molecule has 2 aromatic carbocycles. The number of para-hydroxylation sites is 1. The van der Waals surface area contributed by atoms with E-state index >= 15 is 0 Å². The molecule has 0 fully saturated rings. The Kier molecular flexibility index (Phi) is 5.46. The minimum atomic E-state index is -0.328. The number of carbonyl (C=O) groups excluding carboxylic acids is 2. The van der Waals surface area contributed by atoms with Crippen LogP contribution in [-0.2, 0) is 4.79 Å². The molecule has 1 atom stereocenters. The minimum Gasteiger partial charge on any atom is -0.326 e. The van der Waals surface area contributed by atoms with Crippen LogP contribution in [0.4, 0.5) is 21.9 Å². The van der Waals surface area contributed by atoms with Gasteiger partial charge in [0.05, 0.1) is 0 Å². The van der Waals surface area contributed by atoms with Gasteiger partial charge < -0.3 is 16.0 Å². The maximum absolute atomic E-state index is 12.1.